The Bertz CT molecular complexity index is 485. The van der Waals surface area contributed by atoms with Crippen molar-refractivity contribution in [1.29, 1.82) is 0 Å². The fourth-order valence-electron chi connectivity index (χ4n) is 0.991. The van der Waals surface area contributed by atoms with E-state index in [9.17, 15) is 17.2 Å². The fourth-order valence-corrected chi connectivity index (χ4v) is 2.90. The standard InChI is InChI=1S/C8H11NO5S2/c1-2-14-9-16(12,13)8-6-4-3-5-7(8)15(10)11/h3-6,9H,2H2,1H3,(H,10,11)/p-1. The van der Waals surface area contributed by atoms with E-state index in [-0.39, 0.29) is 16.4 Å². The van der Waals surface area contributed by atoms with Crippen LogP contribution in [0.25, 0.3) is 0 Å². The van der Waals surface area contributed by atoms with Gasteiger partial charge in [-0.25, -0.2) is 8.42 Å². The first-order chi connectivity index (χ1) is 7.49. The Morgan fingerprint density at radius 1 is 1.44 bits per heavy atom. The molecule has 1 N–H and O–H groups in total. The minimum atomic E-state index is -3.96. The van der Waals surface area contributed by atoms with E-state index in [1.807, 2.05) is 4.89 Å². The lowest BCUT2D eigenvalue weighted by molar-refractivity contribution is 0.105. The molecule has 0 saturated heterocycles. The van der Waals surface area contributed by atoms with Gasteiger partial charge in [-0.1, -0.05) is 17.0 Å². The number of sulfonamides is 1. The van der Waals surface area contributed by atoms with Crippen molar-refractivity contribution in [3.8, 4) is 0 Å². The SMILES string of the molecule is CCONS(=O)(=O)c1ccccc1S(=O)[O-]. The Labute approximate surface area is 95.9 Å². The molecule has 0 aromatic heterocycles. The van der Waals surface area contributed by atoms with Crippen LogP contribution in [0.1, 0.15) is 6.92 Å². The molecule has 1 atom stereocenters. The first-order valence-electron chi connectivity index (χ1n) is 4.31. The van der Waals surface area contributed by atoms with Gasteiger partial charge in [0.15, 0.2) is 0 Å². The van der Waals surface area contributed by atoms with Crippen molar-refractivity contribution in [2.24, 2.45) is 0 Å². The Hall–Kier alpha value is -0.800. The highest BCUT2D eigenvalue weighted by Gasteiger charge is 2.18. The molecule has 0 aliphatic rings. The van der Waals surface area contributed by atoms with E-state index < -0.39 is 21.1 Å². The number of nitrogens with one attached hydrogen (secondary N) is 1. The summed E-state index contributed by atoms with van der Waals surface area (Å²) in [6.07, 6.45) is 0. The Kier molecular flexibility index (Phi) is 4.56. The van der Waals surface area contributed by atoms with Gasteiger partial charge in [0.2, 0.25) is 0 Å². The summed E-state index contributed by atoms with van der Waals surface area (Å²) >= 11 is -2.62. The third kappa shape index (κ3) is 3.09. The van der Waals surface area contributed by atoms with Gasteiger partial charge < -0.3 is 4.55 Å². The van der Waals surface area contributed by atoms with Crippen LogP contribution in [-0.2, 0) is 25.9 Å². The first-order valence-corrected chi connectivity index (χ1v) is 6.86. The molecule has 0 spiro atoms. The minimum absolute atomic E-state index is 0.141. The summed E-state index contributed by atoms with van der Waals surface area (Å²) in [6, 6.07) is 5.25. The molecule has 0 aliphatic heterocycles. The second kappa shape index (κ2) is 5.51. The average molecular weight is 264 g/mol. The van der Waals surface area contributed by atoms with Crippen LogP contribution < -0.4 is 4.89 Å². The van der Waals surface area contributed by atoms with E-state index in [0.717, 1.165) is 0 Å². The van der Waals surface area contributed by atoms with Crippen LogP contribution in [0, 0.1) is 0 Å². The predicted octanol–water partition coefficient (Wildman–Crippen LogP) is 0.154. The molecule has 8 heteroatoms. The summed E-state index contributed by atoms with van der Waals surface area (Å²) in [6.45, 7) is 1.74. The third-order valence-corrected chi connectivity index (χ3v) is 3.75. The van der Waals surface area contributed by atoms with E-state index >= 15 is 0 Å². The molecule has 0 bridgehead atoms. The Morgan fingerprint density at radius 2 is 2.06 bits per heavy atom. The molecule has 0 aliphatic carbocycles. The maximum Gasteiger partial charge on any atom is 0.263 e. The van der Waals surface area contributed by atoms with Crippen molar-refractivity contribution in [3.05, 3.63) is 24.3 Å². The average Bonchev–Trinajstić information content (AvgIpc) is 2.26. The molecule has 1 rings (SSSR count). The van der Waals surface area contributed by atoms with Gasteiger partial charge in [0.05, 0.1) is 11.5 Å². The molecule has 1 aromatic carbocycles. The van der Waals surface area contributed by atoms with E-state index in [0.29, 0.717) is 0 Å². The van der Waals surface area contributed by atoms with Crippen molar-refractivity contribution in [2.75, 3.05) is 6.61 Å². The topological polar surface area (TPSA) is 95.5 Å². The number of hydrogen-bond donors (Lipinski definition) is 1. The predicted molar refractivity (Wildman–Crippen MR) is 55.6 cm³/mol. The maximum atomic E-state index is 11.6. The van der Waals surface area contributed by atoms with Crippen LogP contribution in [-0.4, -0.2) is 23.8 Å². The highest BCUT2D eigenvalue weighted by Crippen LogP contribution is 2.17. The van der Waals surface area contributed by atoms with Gasteiger partial charge in [0, 0.05) is 4.90 Å². The second-order valence-corrected chi connectivity index (χ2v) is 5.22. The molecule has 0 heterocycles. The summed E-state index contributed by atoms with van der Waals surface area (Å²) < 4.78 is 44.8. The molecule has 0 fully saturated rings. The Morgan fingerprint density at radius 3 is 2.62 bits per heavy atom. The molecule has 1 aromatic rings. The molecular weight excluding hydrogens is 254 g/mol. The summed E-state index contributed by atoms with van der Waals surface area (Å²) in [7, 11) is -3.96. The van der Waals surface area contributed by atoms with Crippen molar-refractivity contribution in [1.82, 2.24) is 4.89 Å². The van der Waals surface area contributed by atoms with Crippen molar-refractivity contribution < 1.29 is 22.0 Å². The third-order valence-electron chi connectivity index (χ3n) is 1.63. The lowest BCUT2D eigenvalue weighted by Crippen LogP contribution is -2.25. The van der Waals surface area contributed by atoms with E-state index in [1.54, 1.807) is 6.92 Å². The van der Waals surface area contributed by atoms with Crippen LogP contribution in [0.4, 0.5) is 0 Å². The van der Waals surface area contributed by atoms with Gasteiger partial charge in [0.25, 0.3) is 10.0 Å². The van der Waals surface area contributed by atoms with Crippen LogP contribution in [0.3, 0.4) is 0 Å². The van der Waals surface area contributed by atoms with E-state index in [1.165, 1.54) is 24.3 Å². The van der Waals surface area contributed by atoms with Gasteiger partial charge in [-0.05, 0) is 30.1 Å². The first kappa shape index (κ1) is 13.3. The molecule has 90 valence electrons. The van der Waals surface area contributed by atoms with Gasteiger partial charge in [-0.15, -0.1) is 0 Å². The molecule has 0 saturated carbocycles. The minimum Gasteiger partial charge on any atom is -0.768 e. The molecule has 0 amide bonds. The number of rotatable bonds is 5. The monoisotopic (exact) mass is 264 g/mol. The lowest BCUT2D eigenvalue weighted by atomic mass is 10.4. The maximum absolute atomic E-state index is 11.6. The summed E-state index contributed by atoms with van der Waals surface area (Å²) in [5, 5.41) is 0. The highest BCUT2D eigenvalue weighted by molar-refractivity contribution is 7.90. The zero-order chi connectivity index (χ0) is 12.2. The van der Waals surface area contributed by atoms with Crippen LogP contribution in [0.15, 0.2) is 34.1 Å². The quantitative estimate of drug-likeness (QED) is 0.603. The van der Waals surface area contributed by atoms with Crippen molar-refractivity contribution in [3.63, 3.8) is 0 Å². The van der Waals surface area contributed by atoms with E-state index in [2.05, 4.69) is 4.84 Å². The zero-order valence-corrected chi connectivity index (χ0v) is 10.0. The molecule has 1 unspecified atom stereocenters. The normalized spacial score (nSPS) is 13.6. The molecular formula is C8H10NO5S2-. The zero-order valence-electron chi connectivity index (χ0n) is 8.37. The van der Waals surface area contributed by atoms with Crippen LogP contribution in [0.5, 0.6) is 0 Å². The number of benzene rings is 1. The lowest BCUT2D eigenvalue weighted by Gasteiger charge is -2.12. The van der Waals surface area contributed by atoms with Crippen LogP contribution >= 0.6 is 0 Å². The molecule has 16 heavy (non-hydrogen) atoms. The molecule has 0 radical (unpaired) electrons. The van der Waals surface area contributed by atoms with Gasteiger partial charge in [0.1, 0.15) is 0 Å². The summed E-state index contributed by atoms with van der Waals surface area (Å²) in [5.74, 6) is 0. The van der Waals surface area contributed by atoms with Crippen molar-refractivity contribution in [2.45, 2.75) is 16.7 Å². The summed E-state index contributed by atoms with van der Waals surface area (Å²) in [5.41, 5.74) is 0. The van der Waals surface area contributed by atoms with Gasteiger partial charge >= 0.3 is 0 Å². The summed E-state index contributed by atoms with van der Waals surface area (Å²) in [4.78, 5) is 5.73. The largest absolute Gasteiger partial charge is 0.768 e. The van der Waals surface area contributed by atoms with Gasteiger partial charge in [-0.3, -0.25) is 9.05 Å². The highest BCUT2D eigenvalue weighted by atomic mass is 32.2. The fraction of sp³-hybridized carbons (Fsp3) is 0.250. The molecule has 6 nitrogen and oxygen atoms in total. The van der Waals surface area contributed by atoms with Crippen molar-refractivity contribution >= 4 is 21.1 Å². The van der Waals surface area contributed by atoms with Gasteiger partial charge in [-0.2, -0.15) is 0 Å². The second-order valence-electron chi connectivity index (χ2n) is 2.70. The smallest absolute Gasteiger partial charge is 0.263 e. The van der Waals surface area contributed by atoms with Crippen LogP contribution in [0.2, 0.25) is 0 Å². The number of hydrogen-bond acceptors (Lipinski definition) is 5. The Balaban J connectivity index is 3.17. The van der Waals surface area contributed by atoms with E-state index in [4.69, 9.17) is 0 Å².